The topological polar surface area (TPSA) is 115 Å². The quantitative estimate of drug-likeness (QED) is 0.249. The zero-order valence-electron chi connectivity index (χ0n) is 24.4. The van der Waals surface area contributed by atoms with E-state index in [2.05, 4.69) is 20.4 Å². The average Bonchev–Trinajstić information content (AvgIpc) is 3.00. The zero-order chi connectivity index (χ0) is 32.8. The normalized spacial score (nSPS) is 14.8. The molecule has 4 rings (SSSR count). The smallest absolute Gasteiger partial charge is 0.425 e. The molecule has 1 N–H and O–H groups in total. The molecule has 1 aliphatic heterocycles. The van der Waals surface area contributed by atoms with Crippen molar-refractivity contribution in [2.24, 2.45) is 0 Å². The number of ether oxygens (including phenoxy) is 2. The summed E-state index contributed by atoms with van der Waals surface area (Å²) >= 11 is 0. The summed E-state index contributed by atoms with van der Waals surface area (Å²) in [5.74, 6) is -0.171. The Morgan fingerprint density at radius 2 is 1.62 bits per heavy atom. The lowest BCUT2D eigenvalue weighted by Gasteiger charge is -2.34. The first kappa shape index (κ1) is 33.5. The van der Waals surface area contributed by atoms with Crippen molar-refractivity contribution in [2.75, 3.05) is 51.3 Å². The first-order chi connectivity index (χ1) is 21.3. The third kappa shape index (κ3) is 8.83. The molecule has 0 spiro atoms. The largest absolute Gasteiger partial charge is 0.497 e. The van der Waals surface area contributed by atoms with Crippen LogP contribution in [0.1, 0.15) is 30.0 Å². The van der Waals surface area contributed by atoms with E-state index in [1.165, 1.54) is 14.0 Å². The maximum Gasteiger partial charge on any atom is 0.425 e. The number of piperazine rings is 1. The van der Waals surface area contributed by atoms with Crippen molar-refractivity contribution in [3.8, 4) is 11.5 Å². The number of aromatic nitrogens is 4. The number of nitrogens with zero attached hydrogens (tertiary/aromatic N) is 6. The van der Waals surface area contributed by atoms with Crippen LogP contribution in [0, 0.1) is 0 Å². The number of amides is 1. The van der Waals surface area contributed by atoms with Crippen LogP contribution in [0.25, 0.3) is 0 Å². The molecule has 0 radical (unpaired) electrons. The molecule has 17 heteroatoms. The number of methoxy groups -OCH3 is 1. The van der Waals surface area contributed by atoms with Gasteiger partial charge in [0, 0.05) is 58.1 Å². The second kappa shape index (κ2) is 14.1. The minimum atomic E-state index is -4.99. The van der Waals surface area contributed by atoms with Gasteiger partial charge in [-0.2, -0.15) is 31.4 Å². The molecule has 3 aromatic rings. The van der Waals surface area contributed by atoms with Crippen molar-refractivity contribution < 1.29 is 40.6 Å². The Hall–Kier alpha value is -4.41. The van der Waals surface area contributed by atoms with Crippen molar-refractivity contribution >= 4 is 11.9 Å². The lowest BCUT2D eigenvalue weighted by molar-refractivity contribution is -0.141. The molecule has 3 heterocycles. The summed E-state index contributed by atoms with van der Waals surface area (Å²) in [4.78, 5) is 36.2. The summed E-state index contributed by atoms with van der Waals surface area (Å²) in [6.07, 6.45) is -7.92. The predicted octanol–water partition coefficient (Wildman–Crippen LogP) is 3.22. The Balaban J connectivity index is 1.24. The molecule has 0 bridgehead atoms. The lowest BCUT2D eigenvalue weighted by Crippen LogP contribution is -2.49. The summed E-state index contributed by atoms with van der Waals surface area (Å²) < 4.78 is 91.0. The van der Waals surface area contributed by atoms with Gasteiger partial charge in [0.2, 0.25) is 11.9 Å². The minimum Gasteiger partial charge on any atom is -0.497 e. The summed E-state index contributed by atoms with van der Waals surface area (Å²) in [5, 5.41) is 6.84. The van der Waals surface area contributed by atoms with Gasteiger partial charge in [-0.25, -0.2) is 14.6 Å². The SMILES string of the molecule is COc1ccc(Cn2ncc(OC(C)CNCCC(=O)N3CCN(c4ncc(C(F)(F)F)cn4)CC3)c(C(F)(F)F)c2=O)cc1. The average molecular weight is 644 g/mol. The van der Waals surface area contributed by atoms with Gasteiger partial charge in [0.05, 0.1) is 25.4 Å². The van der Waals surface area contributed by atoms with Crippen LogP contribution < -0.4 is 25.2 Å². The third-order valence-corrected chi connectivity index (χ3v) is 6.94. The standard InChI is InChI=1S/C28H31F6N7O4/c1-18(45-22-16-38-41(25(43)24(22)28(32,33)34)17-19-3-5-21(44-2)6-4-19)13-35-8-7-23(42)39-9-11-40(12-10-39)26-36-14-20(15-37-26)27(29,30)31/h3-6,14-16,18,35H,7-13,17H2,1-2H3. The first-order valence-electron chi connectivity index (χ1n) is 13.9. The van der Waals surface area contributed by atoms with Gasteiger partial charge in [-0.1, -0.05) is 12.1 Å². The van der Waals surface area contributed by atoms with Crippen molar-refractivity contribution in [3.05, 3.63) is 69.9 Å². The van der Waals surface area contributed by atoms with E-state index in [-0.39, 0.29) is 37.9 Å². The van der Waals surface area contributed by atoms with Gasteiger partial charge in [-0.15, -0.1) is 0 Å². The Labute approximate surface area is 253 Å². The maximum atomic E-state index is 13.9. The van der Waals surface area contributed by atoms with Crippen LogP contribution in [0.3, 0.4) is 0 Å². The van der Waals surface area contributed by atoms with E-state index in [0.717, 1.165) is 6.20 Å². The molecule has 1 amide bonds. The van der Waals surface area contributed by atoms with Gasteiger partial charge in [-0.05, 0) is 24.6 Å². The summed E-state index contributed by atoms with van der Waals surface area (Å²) in [5.41, 5.74) is -3.20. The number of alkyl halides is 6. The Morgan fingerprint density at radius 3 is 2.20 bits per heavy atom. The van der Waals surface area contributed by atoms with Gasteiger partial charge in [0.25, 0.3) is 5.56 Å². The van der Waals surface area contributed by atoms with Crippen LogP contribution in [0.15, 0.2) is 47.7 Å². The van der Waals surface area contributed by atoms with E-state index in [4.69, 9.17) is 9.47 Å². The van der Waals surface area contributed by atoms with E-state index in [9.17, 15) is 35.9 Å². The molecule has 1 aromatic carbocycles. The molecule has 244 valence electrons. The number of benzene rings is 1. The fourth-order valence-corrected chi connectivity index (χ4v) is 4.54. The molecule has 2 aromatic heterocycles. The lowest BCUT2D eigenvalue weighted by atomic mass is 10.2. The Kier molecular flexibility index (Phi) is 10.5. The van der Waals surface area contributed by atoms with Gasteiger partial charge in [0.15, 0.2) is 11.3 Å². The highest BCUT2D eigenvalue weighted by Gasteiger charge is 2.39. The van der Waals surface area contributed by atoms with Crippen LogP contribution in [-0.4, -0.2) is 83.0 Å². The second-order valence-electron chi connectivity index (χ2n) is 10.2. The molecule has 1 fully saturated rings. The number of carbonyl (C=O) groups excluding carboxylic acids is 1. The number of halogens is 6. The fraction of sp³-hybridized carbons (Fsp3) is 0.464. The van der Waals surface area contributed by atoms with Gasteiger partial charge in [-0.3, -0.25) is 9.59 Å². The van der Waals surface area contributed by atoms with E-state index < -0.39 is 40.9 Å². The van der Waals surface area contributed by atoms with Crippen molar-refractivity contribution in [2.45, 2.75) is 38.3 Å². The monoisotopic (exact) mass is 643 g/mol. The molecule has 1 aliphatic rings. The number of rotatable bonds is 11. The van der Waals surface area contributed by atoms with Gasteiger partial charge >= 0.3 is 12.4 Å². The molecule has 1 unspecified atom stereocenters. The van der Waals surface area contributed by atoms with E-state index in [1.807, 2.05) is 0 Å². The van der Waals surface area contributed by atoms with Crippen molar-refractivity contribution in [1.29, 1.82) is 0 Å². The molecular formula is C28H31F6N7O4. The molecule has 45 heavy (non-hydrogen) atoms. The molecule has 1 saturated heterocycles. The summed E-state index contributed by atoms with van der Waals surface area (Å²) in [6.45, 7) is 2.93. The zero-order valence-corrected chi connectivity index (χ0v) is 24.4. The number of nitrogens with one attached hydrogen (secondary N) is 1. The Morgan fingerprint density at radius 1 is 0.978 bits per heavy atom. The van der Waals surface area contributed by atoms with Crippen LogP contribution >= 0.6 is 0 Å². The summed E-state index contributed by atoms with van der Waals surface area (Å²) in [7, 11) is 1.48. The second-order valence-corrected chi connectivity index (χ2v) is 10.2. The Bertz CT molecular complexity index is 1490. The third-order valence-electron chi connectivity index (χ3n) is 6.94. The minimum absolute atomic E-state index is 0.0819. The molecule has 0 aliphatic carbocycles. The number of hydrogen-bond acceptors (Lipinski definition) is 9. The van der Waals surface area contributed by atoms with Crippen LogP contribution in [0.2, 0.25) is 0 Å². The fourth-order valence-electron chi connectivity index (χ4n) is 4.54. The molecule has 0 saturated carbocycles. The maximum absolute atomic E-state index is 13.9. The van der Waals surface area contributed by atoms with Crippen molar-refractivity contribution in [3.63, 3.8) is 0 Å². The molecular weight excluding hydrogens is 612 g/mol. The number of anilines is 1. The summed E-state index contributed by atoms with van der Waals surface area (Å²) in [6, 6.07) is 6.46. The first-order valence-corrected chi connectivity index (χ1v) is 13.9. The van der Waals surface area contributed by atoms with E-state index >= 15 is 0 Å². The number of hydrogen-bond donors (Lipinski definition) is 1. The van der Waals surface area contributed by atoms with Gasteiger partial charge < -0.3 is 24.6 Å². The molecule has 1 atom stereocenters. The highest BCUT2D eigenvalue weighted by Crippen LogP contribution is 2.33. The molecule has 11 nitrogen and oxygen atoms in total. The van der Waals surface area contributed by atoms with Gasteiger partial charge in [0.1, 0.15) is 11.9 Å². The van der Waals surface area contributed by atoms with Crippen LogP contribution in [-0.2, 0) is 23.7 Å². The number of carbonyl (C=O) groups is 1. The van der Waals surface area contributed by atoms with E-state index in [1.54, 1.807) is 34.1 Å². The predicted molar refractivity (Wildman–Crippen MR) is 149 cm³/mol. The van der Waals surface area contributed by atoms with Crippen LogP contribution in [0.5, 0.6) is 11.5 Å². The highest BCUT2D eigenvalue weighted by molar-refractivity contribution is 5.76. The highest BCUT2D eigenvalue weighted by atomic mass is 19.4. The van der Waals surface area contributed by atoms with E-state index in [0.29, 0.717) is 54.6 Å². The van der Waals surface area contributed by atoms with Crippen molar-refractivity contribution in [1.82, 2.24) is 30.0 Å². The van der Waals surface area contributed by atoms with Crippen LogP contribution in [0.4, 0.5) is 32.3 Å².